The van der Waals surface area contributed by atoms with E-state index in [0.717, 1.165) is 30.6 Å². The third kappa shape index (κ3) is 4.93. The number of amides is 1. The van der Waals surface area contributed by atoms with Crippen LogP contribution in [0.15, 0.2) is 47.6 Å². The van der Waals surface area contributed by atoms with Crippen LogP contribution in [0.2, 0.25) is 10.0 Å². The quantitative estimate of drug-likeness (QED) is 0.288. The number of benzene rings is 2. The Morgan fingerprint density at radius 3 is 2.50 bits per heavy atom. The Labute approximate surface area is 237 Å². The van der Waals surface area contributed by atoms with Crippen molar-refractivity contribution in [1.29, 1.82) is 0 Å². The second kappa shape index (κ2) is 10.4. The monoisotopic (exact) mass is 570 g/mol. The van der Waals surface area contributed by atoms with E-state index in [1.165, 1.54) is 19.3 Å². The molecule has 200 valence electrons. The topological polar surface area (TPSA) is 69.0 Å². The number of ether oxygens (including phenoxy) is 1. The van der Waals surface area contributed by atoms with E-state index < -0.39 is 0 Å². The molecule has 3 aromatic rings. The molecular formula is C29H32Cl2N4O2S. The summed E-state index contributed by atoms with van der Waals surface area (Å²) in [7, 11) is 1.66. The van der Waals surface area contributed by atoms with Gasteiger partial charge in [-0.25, -0.2) is 0 Å². The van der Waals surface area contributed by atoms with Gasteiger partial charge in [-0.3, -0.25) is 9.36 Å². The van der Waals surface area contributed by atoms with Crippen molar-refractivity contribution >= 4 is 40.9 Å². The lowest BCUT2D eigenvalue weighted by atomic mass is 9.49. The number of hydrogen-bond donors (Lipinski definition) is 1. The van der Waals surface area contributed by atoms with Crippen molar-refractivity contribution in [3.63, 3.8) is 0 Å². The molecule has 9 heteroatoms. The predicted molar refractivity (Wildman–Crippen MR) is 151 cm³/mol. The maximum absolute atomic E-state index is 13.8. The average Bonchev–Trinajstić information content (AvgIpc) is 3.32. The van der Waals surface area contributed by atoms with Gasteiger partial charge in [0.2, 0.25) is 5.91 Å². The van der Waals surface area contributed by atoms with Crippen LogP contribution < -0.4 is 10.1 Å². The first-order chi connectivity index (χ1) is 18.3. The largest absolute Gasteiger partial charge is 0.497 e. The SMILES string of the molecule is COc1cccc(CSc2nnc(C(C)NC(=O)C34CC5CC(CC(C5)C3)C4)n2-c2cc(Cl)ccc2Cl)c1. The zero-order chi connectivity index (χ0) is 26.4. The fourth-order valence-electron chi connectivity index (χ4n) is 7.25. The second-order valence-electron chi connectivity index (χ2n) is 11.3. The summed E-state index contributed by atoms with van der Waals surface area (Å²) >= 11 is 14.6. The van der Waals surface area contributed by atoms with Gasteiger partial charge in [-0.2, -0.15) is 0 Å². The van der Waals surface area contributed by atoms with Gasteiger partial charge in [0.05, 0.1) is 23.9 Å². The second-order valence-corrected chi connectivity index (χ2v) is 13.1. The Balaban J connectivity index is 1.28. The van der Waals surface area contributed by atoms with Crippen molar-refractivity contribution in [1.82, 2.24) is 20.1 Å². The van der Waals surface area contributed by atoms with Crippen LogP contribution in [0.4, 0.5) is 0 Å². The zero-order valence-corrected chi connectivity index (χ0v) is 24.0. The van der Waals surface area contributed by atoms with E-state index in [1.807, 2.05) is 35.8 Å². The van der Waals surface area contributed by atoms with Gasteiger partial charge in [-0.1, -0.05) is 47.1 Å². The lowest BCUT2D eigenvalue weighted by Crippen LogP contribution is -2.54. The van der Waals surface area contributed by atoms with E-state index in [2.05, 4.69) is 21.6 Å². The van der Waals surface area contributed by atoms with Crippen molar-refractivity contribution in [3.05, 3.63) is 63.9 Å². The first-order valence-corrected chi connectivity index (χ1v) is 15.0. The third-order valence-electron chi connectivity index (χ3n) is 8.56. The molecule has 4 saturated carbocycles. The van der Waals surface area contributed by atoms with Crippen LogP contribution >= 0.6 is 35.0 Å². The summed E-state index contributed by atoms with van der Waals surface area (Å²) in [4.78, 5) is 13.8. The van der Waals surface area contributed by atoms with Crippen LogP contribution in [0.5, 0.6) is 5.75 Å². The van der Waals surface area contributed by atoms with Gasteiger partial charge < -0.3 is 10.1 Å². The lowest BCUT2D eigenvalue weighted by Gasteiger charge is -2.55. The molecular weight excluding hydrogens is 539 g/mol. The number of carbonyl (C=O) groups is 1. The molecule has 0 saturated heterocycles. The number of halogens is 2. The number of methoxy groups -OCH3 is 1. The summed E-state index contributed by atoms with van der Waals surface area (Å²) in [6.45, 7) is 1.98. The summed E-state index contributed by atoms with van der Waals surface area (Å²) in [6.07, 6.45) is 6.97. The van der Waals surface area contributed by atoms with Crippen LogP contribution in [-0.2, 0) is 10.5 Å². The molecule has 7 rings (SSSR count). The zero-order valence-electron chi connectivity index (χ0n) is 21.6. The number of nitrogens with one attached hydrogen (secondary N) is 1. The highest BCUT2D eigenvalue weighted by molar-refractivity contribution is 7.98. The molecule has 2 aromatic carbocycles. The van der Waals surface area contributed by atoms with Crippen molar-refractivity contribution in [2.45, 2.75) is 62.4 Å². The van der Waals surface area contributed by atoms with E-state index in [1.54, 1.807) is 31.0 Å². The summed E-state index contributed by atoms with van der Waals surface area (Å²) in [5.41, 5.74) is 1.57. The van der Waals surface area contributed by atoms with E-state index >= 15 is 0 Å². The fraction of sp³-hybridized carbons (Fsp3) is 0.483. The molecule has 0 spiro atoms. The number of hydrogen-bond acceptors (Lipinski definition) is 5. The van der Waals surface area contributed by atoms with E-state index in [-0.39, 0.29) is 17.4 Å². The molecule has 4 bridgehead atoms. The molecule has 1 amide bonds. The molecule has 0 radical (unpaired) electrons. The highest BCUT2D eigenvalue weighted by Crippen LogP contribution is 2.60. The lowest BCUT2D eigenvalue weighted by molar-refractivity contribution is -0.147. The number of aromatic nitrogens is 3. The van der Waals surface area contributed by atoms with Crippen LogP contribution in [0.3, 0.4) is 0 Å². The standard InChI is InChI=1S/C29H32Cl2N4O2S/c1-17(32-27(36)29-13-19-8-20(14-29)10-21(9-19)15-29)26-33-34-28(35(26)25-12-22(30)6-7-24(25)31)38-16-18-4-3-5-23(11-18)37-2/h3-7,11-12,17,19-21H,8-10,13-16H2,1-2H3,(H,32,36). The molecule has 1 unspecified atom stereocenters. The van der Waals surface area contributed by atoms with Crippen molar-refractivity contribution < 1.29 is 9.53 Å². The molecule has 38 heavy (non-hydrogen) atoms. The number of carbonyl (C=O) groups excluding carboxylic acids is 1. The van der Waals surface area contributed by atoms with Crippen LogP contribution in [-0.4, -0.2) is 27.8 Å². The van der Waals surface area contributed by atoms with Gasteiger partial charge in [0.15, 0.2) is 11.0 Å². The first-order valence-electron chi connectivity index (χ1n) is 13.3. The van der Waals surface area contributed by atoms with Gasteiger partial charge in [0.1, 0.15) is 5.75 Å². The van der Waals surface area contributed by atoms with Gasteiger partial charge in [0, 0.05) is 16.2 Å². The molecule has 4 aliphatic carbocycles. The third-order valence-corrected chi connectivity index (χ3v) is 10.1. The minimum Gasteiger partial charge on any atom is -0.497 e. The Morgan fingerprint density at radius 1 is 1.11 bits per heavy atom. The first kappa shape index (κ1) is 26.0. The van der Waals surface area contributed by atoms with Gasteiger partial charge in [-0.05, 0) is 99.1 Å². The molecule has 4 aliphatic rings. The Kier molecular flexibility index (Phi) is 7.12. The van der Waals surface area contributed by atoms with Crippen LogP contribution in [0.25, 0.3) is 5.69 Å². The minimum absolute atomic E-state index is 0.168. The summed E-state index contributed by atoms with van der Waals surface area (Å²) < 4.78 is 7.31. The highest BCUT2D eigenvalue weighted by atomic mass is 35.5. The smallest absolute Gasteiger partial charge is 0.226 e. The Hall–Kier alpha value is -2.22. The molecule has 1 heterocycles. The number of rotatable bonds is 8. The van der Waals surface area contributed by atoms with E-state index in [9.17, 15) is 4.79 Å². The highest BCUT2D eigenvalue weighted by Gasteiger charge is 2.54. The van der Waals surface area contributed by atoms with Crippen LogP contribution in [0.1, 0.15) is 62.9 Å². The minimum atomic E-state index is -0.343. The maximum Gasteiger partial charge on any atom is 0.226 e. The molecule has 1 N–H and O–H groups in total. The summed E-state index contributed by atoms with van der Waals surface area (Å²) in [5, 5.41) is 14.2. The van der Waals surface area contributed by atoms with Gasteiger partial charge in [0.25, 0.3) is 0 Å². The fourth-order valence-corrected chi connectivity index (χ4v) is 8.52. The molecule has 1 aromatic heterocycles. The molecule has 0 aliphatic heterocycles. The Bertz CT molecular complexity index is 1320. The predicted octanol–water partition coefficient (Wildman–Crippen LogP) is 7.27. The van der Waals surface area contributed by atoms with Gasteiger partial charge in [-0.15, -0.1) is 10.2 Å². The molecule has 4 fully saturated rings. The maximum atomic E-state index is 13.8. The Morgan fingerprint density at radius 2 is 1.82 bits per heavy atom. The van der Waals surface area contributed by atoms with Crippen molar-refractivity contribution in [2.24, 2.45) is 23.2 Å². The molecule has 6 nitrogen and oxygen atoms in total. The summed E-state index contributed by atoms with van der Waals surface area (Å²) in [5.74, 6) is 4.40. The van der Waals surface area contributed by atoms with Crippen molar-refractivity contribution in [3.8, 4) is 11.4 Å². The average molecular weight is 572 g/mol. The number of thioether (sulfide) groups is 1. The van der Waals surface area contributed by atoms with Gasteiger partial charge >= 0.3 is 0 Å². The van der Waals surface area contributed by atoms with Crippen LogP contribution in [0, 0.1) is 23.2 Å². The molecule has 1 atom stereocenters. The number of nitrogens with zero attached hydrogens (tertiary/aromatic N) is 3. The van der Waals surface area contributed by atoms with Crippen molar-refractivity contribution in [2.75, 3.05) is 7.11 Å². The normalized spacial score (nSPS) is 26.4. The van der Waals surface area contributed by atoms with E-state index in [4.69, 9.17) is 27.9 Å². The van der Waals surface area contributed by atoms with E-state index in [0.29, 0.717) is 50.2 Å². The summed E-state index contributed by atoms with van der Waals surface area (Å²) in [6, 6.07) is 13.0.